The number of aromatic nitrogens is 1. The van der Waals surface area contributed by atoms with Crippen molar-refractivity contribution in [1.29, 1.82) is 0 Å². The first-order valence-electron chi connectivity index (χ1n) is 7.83. The molecular weight excluding hydrogens is 260 g/mol. The van der Waals surface area contributed by atoms with Crippen LogP contribution in [0.1, 0.15) is 36.5 Å². The van der Waals surface area contributed by atoms with Crippen molar-refractivity contribution in [1.82, 2.24) is 10.3 Å². The van der Waals surface area contributed by atoms with Gasteiger partial charge in [0.1, 0.15) is 0 Å². The maximum absolute atomic E-state index is 12.7. The van der Waals surface area contributed by atoms with E-state index in [1.165, 1.54) is 12.8 Å². The molecular formula is C18H22N2O. The molecule has 0 amide bonds. The highest BCUT2D eigenvalue weighted by Gasteiger charge is 2.23. The molecule has 1 aliphatic heterocycles. The minimum Gasteiger partial charge on any atom is -0.316 e. The third-order valence-electron chi connectivity index (χ3n) is 4.59. The molecule has 3 heteroatoms. The van der Waals surface area contributed by atoms with E-state index in [1.807, 2.05) is 30.3 Å². The zero-order chi connectivity index (χ0) is 14.7. The van der Waals surface area contributed by atoms with E-state index < -0.39 is 0 Å². The van der Waals surface area contributed by atoms with Gasteiger partial charge in [-0.3, -0.25) is 9.78 Å². The number of fused-ring (bicyclic) bond motifs is 1. The van der Waals surface area contributed by atoms with Crippen LogP contribution in [0.5, 0.6) is 0 Å². The third-order valence-corrected chi connectivity index (χ3v) is 4.59. The number of benzene rings is 1. The van der Waals surface area contributed by atoms with Crippen LogP contribution in [0.2, 0.25) is 0 Å². The fourth-order valence-electron chi connectivity index (χ4n) is 3.28. The lowest BCUT2D eigenvalue weighted by Crippen LogP contribution is -2.34. The smallest absolute Gasteiger partial charge is 0.163 e. The van der Waals surface area contributed by atoms with Gasteiger partial charge in [-0.05, 0) is 49.9 Å². The molecule has 2 aromatic rings. The van der Waals surface area contributed by atoms with Gasteiger partial charge in [0.25, 0.3) is 0 Å². The molecule has 2 atom stereocenters. The van der Waals surface area contributed by atoms with E-state index in [1.54, 1.807) is 6.20 Å². The summed E-state index contributed by atoms with van der Waals surface area (Å²) in [6.07, 6.45) is 4.85. The van der Waals surface area contributed by atoms with Crippen molar-refractivity contribution in [3.63, 3.8) is 0 Å². The normalized spacial score (nSPS) is 20.3. The van der Waals surface area contributed by atoms with Crippen molar-refractivity contribution >= 4 is 16.7 Å². The number of carbonyl (C=O) groups excluding carboxylic acids is 1. The summed E-state index contributed by atoms with van der Waals surface area (Å²) in [6, 6.07) is 9.70. The lowest BCUT2D eigenvalue weighted by Gasteiger charge is -2.28. The Balaban J connectivity index is 1.77. The fraction of sp³-hybridized carbons (Fsp3) is 0.444. The summed E-state index contributed by atoms with van der Waals surface area (Å²) in [6.45, 7) is 4.37. The first kappa shape index (κ1) is 14.2. The highest BCUT2D eigenvalue weighted by molar-refractivity contribution is 6.07. The summed E-state index contributed by atoms with van der Waals surface area (Å²) in [4.78, 5) is 17.0. The topological polar surface area (TPSA) is 42.0 Å². The average Bonchev–Trinajstić information content (AvgIpc) is 2.55. The van der Waals surface area contributed by atoms with Crippen molar-refractivity contribution in [2.24, 2.45) is 11.8 Å². The molecule has 0 radical (unpaired) electrons. The van der Waals surface area contributed by atoms with Crippen LogP contribution >= 0.6 is 0 Å². The Kier molecular flexibility index (Phi) is 4.30. The monoisotopic (exact) mass is 282 g/mol. The van der Waals surface area contributed by atoms with Gasteiger partial charge in [-0.15, -0.1) is 0 Å². The van der Waals surface area contributed by atoms with Gasteiger partial charge in [0, 0.05) is 23.6 Å². The lowest BCUT2D eigenvalue weighted by atomic mass is 9.83. The highest BCUT2D eigenvalue weighted by atomic mass is 16.1. The van der Waals surface area contributed by atoms with Crippen LogP contribution in [0.15, 0.2) is 36.5 Å². The van der Waals surface area contributed by atoms with Crippen LogP contribution < -0.4 is 5.32 Å². The largest absolute Gasteiger partial charge is 0.316 e. The summed E-state index contributed by atoms with van der Waals surface area (Å²) < 4.78 is 0. The first-order valence-corrected chi connectivity index (χ1v) is 7.83. The highest BCUT2D eigenvalue weighted by Crippen LogP contribution is 2.26. The summed E-state index contributed by atoms with van der Waals surface area (Å²) in [5, 5.41) is 4.41. The van der Waals surface area contributed by atoms with E-state index in [0.29, 0.717) is 18.3 Å². The van der Waals surface area contributed by atoms with Crippen LogP contribution in [-0.4, -0.2) is 23.9 Å². The molecule has 21 heavy (non-hydrogen) atoms. The maximum Gasteiger partial charge on any atom is 0.163 e. The van der Waals surface area contributed by atoms with E-state index in [4.69, 9.17) is 0 Å². The SMILES string of the molecule is CC(CC(=O)c1cccc2ncccc12)C1CCCNC1. The Labute approximate surface area is 125 Å². The van der Waals surface area contributed by atoms with Gasteiger partial charge in [-0.1, -0.05) is 25.1 Å². The molecule has 1 aromatic heterocycles. The molecule has 1 saturated heterocycles. The molecule has 0 aliphatic carbocycles. The standard InChI is InChI=1S/C18H22N2O/c1-13(14-5-3-9-19-12-14)11-18(21)16-6-2-8-17-15(16)7-4-10-20-17/h2,4,6-8,10,13-14,19H,3,5,9,11-12H2,1H3. The van der Waals surface area contributed by atoms with Crippen LogP contribution in [0.25, 0.3) is 10.9 Å². The summed E-state index contributed by atoms with van der Waals surface area (Å²) in [5.41, 5.74) is 1.71. The summed E-state index contributed by atoms with van der Waals surface area (Å²) in [7, 11) is 0. The van der Waals surface area contributed by atoms with Crippen LogP contribution in [0, 0.1) is 11.8 Å². The number of nitrogens with zero attached hydrogens (tertiary/aromatic N) is 1. The number of hydrogen-bond donors (Lipinski definition) is 1. The number of nitrogens with one attached hydrogen (secondary N) is 1. The van der Waals surface area contributed by atoms with E-state index in [9.17, 15) is 4.79 Å². The Morgan fingerprint density at radius 3 is 3.10 bits per heavy atom. The molecule has 0 bridgehead atoms. The molecule has 1 fully saturated rings. The number of rotatable bonds is 4. The molecule has 3 nitrogen and oxygen atoms in total. The maximum atomic E-state index is 12.7. The van der Waals surface area contributed by atoms with E-state index >= 15 is 0 Å². The molecule has 0 saturated carbocycles. The molecule has 1 aromatic carbocycles. The molecule has 2 heterocycles. The van der Waals surface area contributed by atoms with E-state index in [0.717, 1.165) is 29.6 Å². The van der Waals surface area contributed by atoms with Crippen LogP contribution in [0.3, 0.4) is 0 Å². The number of Topliss-reactive ketones (excluding diaryl/α,β-unsaturated/α-hetero) is 1. The second kappa shape index (κ2) is 6.35. The molecule has 110 valence electrons. The van der Waals surface area contributed by atoms with Crippen LogP contribution in [0.4, 0.5) is 0 Å². The number of hydrogen-bond acceptors (Lipinski definition) is 3. The number of ketones is 1. The van der Waals surface area contributed by atoms with Crippen LogP contribution in [-0.2, 0) is 0 Å². The number of pyridine rings is 1. The van der Waals surface area contributed by atoms with Crippen molar-refractivity contribution in [2.75, 3.05) is 13.1 Å². The Bertz CT molecular complexity index is 627. The van der Waals surface area contributed by atoms with Gasteiger partial charge in [0.2, 0.25) is 0 Å². The average molecular weight is 282 g/mol. The second-order valence-corrected chi connectivity index (χ2v) is 6.09. The van der Waals surface area contributed by atoms with Gasteiger partial charge in [-0.2, -0.15) is 0 Å². The summed E-state index contributed by atoms with van der Waals surface area (Å²) >= 11 is 0. The lowest BCUT2D eigenvalue weighted by molar-refractivity contribution is 0.0944. The minimum absolute atomic E-state index is 0.242. The predicted molar refractivity (Wildman–Crippen MR) is 85.4 cm³/mol. The Morgan fingerprint density at radius 2 is 2.29 bits per heavy atom. The minimum atomic E-state index is 0.242. The van der Waals surface area contributed by atoms with E-state index in [-0.39, 0.29) is 5.78 Å². The van der Waals surface area contributed by atoms with Crippen molar-refractivity contribution in [2.45, 2.75) is 26.2 Å². The quantitative estimate of drug-likeness (QED) is 0.873. The van der Waals surface area contributed by atoms with Gasteiger partial charge in [0.15, 0.2) is 5.78 Å². The van der Waals surface area contributed by atoms with Crippen molar-refractivity contribution in [3.8, 4) is 0 Å². The van der Waals surface area contributed by atoms with Gasteiger partial charge in [0.05, 0.1) is 5.52 Å². The van der Waals surface area contributed by atoms with Crippen molar-refractivity contribution in [3.05, 3.63) is 42.1 Å². The second-order valence-electron chi connectivity index (χ2n) is 6.09. The first-order chi connectivity index (χ1) is 10.3. The summed E-state index contributed by atoms with van der Waals surface area (Å²) in [5.74, 6) is 1.29. The zero-order valence-electron chi connectivity index (χ0n) is 12.5. The fourth-order valence-corrected chi connectivity index (χ4v) is 3.28. The number of carbonyl (C=O) groups is 1. The molecule has 2 unspecified atom stereocenters. The third kappa shape index (κ3) is 3.13. The Hall–Kier alpha value is -1.74. The predicted octanol–water partition coefficient (Wildman–Crippen LogP) is 3.44. The molecule has 1 aliphatic rings. The van der Waals surface area contributed by atoms with Gasteiger partial charge >= 0.3 is 0 Å². The van der Waals surface area contributed by atoms with Gasteiger partial charge < -0.3 is 5.32 Å². The van der Waals surface area contributed by atoms with Gasteiger partial charge in [-0.25, -0.2) is 0 Å². The van der Waals surface area contributed by atoms with Crippen molar-refractivity contribution < 1.29 is 4.79 Å². The molecule has 3 rings (SSSR count). The number of piperidine rings is 1. The zero-order valence-corrected chi connectivity index (χ0v) is 12.5. The van der Waals surface area contributed by atoms with E-state index in [2.05, 4.69) is 17.2 Å². The Morgan fingerprint density at radius 1 is 1.38 bits per heavy atom. The molecule has 1 N–H and O–H groups in total. The molecule has 0 spiro atoms.